The highest BCUT2D eigenvalue weighted by Gasteiger charge is 2.12. The number of carbonyl (C=O) groups excluding carboxylic acids is 1. The lowest BCUT2D eigenvalue weighted by molar-refractivity contribution is -0.113. The number of methoxy groups -OCH3 is 1. The third-order valence-corrected chi connectivity index (χ3v) is 5.26. The molecule has 1 aromatic heterocycles. The van der Waals surface area contributed by atoms with Gasteiger partial charge < -0.3 is 10.1 Å². The maximum Gasteiger partial charge on any atom is 0.234 e. The Kier molecular flexibility index (Phi) is 6.99. The number of thioether (sulfide) groups is 1. The molecule has 3 rings (SSSR count). The first kappa shape index (κ1) is 21.0. The predicted molar refractivity (Wildman–Crippen MR) is 117 cm³/mol. The second-order valence-corrected chi connectivity index (χ2v) is 7.72. The van der Waals surface area contributed by atoms with Crippen LogP contribution in [0.2, 0.25) is 10.0 Å². The molecule has 0 aliphatic rings. The van der Waals surface area contributed by atoms with Gasteiger partial charge in [-0.15, -0.1) is 0 Å². The molecule has 146 valence electrons. The molecule has 0 bridgehead atoms. The van der Waals surface area contributed by atoms with Crippen LogP contribution in [0, 0.1) is 11.3 Å². The molecule has 1 heterocycles. The molecule has 2 aromatic carbocycles. The number of ether oxygens (including phenoxy) is 1. The largest absolute Gasteiger partial charge is 0.497 e. The Hall–Kier alpha value is -2.72. The van der Waals surface area contributed by atoms with Crippen LogP contribution in [0.4, 0.5) is 5.69 Å². The summed E-state index contributed by atoms with van der Waals surface area (Å²) in [4.78, 5) is 16.9. The highest BCUT2D eigenvalue weighted by molar-refractivity contribution is 8.00. The molecule has 1 N–H and O–H groups in total. The molecule has 0 fully saturated rings. The second-order valence-electron chi connectivity index (χ2n) is 5.89. The summed E-state index contributed by atoms with van der Waals surface area (Å²) >= 11 is 13.1. The fraction of sp³-hybridized carbons (Fsp3) is 0.0952. The van der Waals surface area contributed by atoms with Crippen molar-refractivity contribution in [2.45, 2.75) is 5.03 Å². The Morgan fingerprint density at radius 1 is 1.17 bits per heavy atom. The zero-order chi connectivity index (χ0) is 20.8. The molecule has 0 saturated carbocycles. The number of carbonyl (C=O) groups is 1. The molecule has 0 radical (unpaired) electrons. The number of nitrogens with zero attached hydrogens (tertiary/aromatic N) is 2. The summed E-state index contributed by atoms with van der Waals surface area (Å²) in [6.07, 6.45) is 0. The van der Waals surface area contributed by atoms with Crippen LogP contribution in [0.3, 0.4) is 0 Å². The van der Waals surface area contributed by atoms with Gasteiger partial charge in [-0.2, -0.15) is 5.26 Å². The zero-order valence-corrected chi connectivity index (χ0v) is 17.6. The number of aromatic nitrogens is 1. The molecule has 0 aliphatic heterocycles. The lowest BCUT2D eigenvalue weighted by Crippen LogP contribution is -2.14. The minimum absolute atomic E-state index is 0.0768. The van der Waals surface area contributed by atoms with Crippen LogP contribution < -0.4 is 10.1 Å². The van der Waals surface area contributed by atoms with E-state index in [0.717, 1.165) is 5.56 Å². The maximum atomic E-state index is 12.3. The Morgan fingerprint density at radius 2 is 1.93 bits per heavy atom. The highest BCUT2D eigenvalue weighted by atomic mass is 35.5. The molecule has 5 nitrogen and oxygen atoms in total. The van der Waals surface area contributed by atoms with Crippen LogP contribution in [-0.2, 0) is 4.79 Å². The van der Waals surface area contributed by atoms with Gasteiger partial charge in [0.2, 0.25) is 5.91 Å². The minimum atomic E-state index is -0.259. The molecule has 8 heteroatoms. The van der Waals surface area contributed by atoms with Crippen molar-refractivity contribution < 1.29 is 9.53 Å². The SMILES string of the molecule is COc1cccc(-c2ccc(C#N)c(SCC(=O)Nc3cc(Cl)cc(Cl)c3)n2)c1. The number of amides is 1. The van der Waals surface area contributed by atoms with Gasteiger partial charge in [0.25, 0.3) is 0 Å². The molecule has 29 heavy (non-hydrogen) atoms. The van der Waals surface area contributed by atoms with Crippen LogP contribution >= 0.6 is 35.0 Å². The summed E-state index contributed by atoms with van der Waals surface area (Å²) in [7, 11) is 1.60. The first-order valence-electron chi connectivity index (χ1n) is 8.43. The molecule has 0 unspecified atom stereocenters. The number of benzene rings is 2. The van der Waals surface area contributed by atoms with Crippen LogP contribution in [0.5, 0.6) is 5.75 Å². The summed E-state index contributed by atoms with van der Waals surface area (Å²) in [6.45, 7) is 0. The number of hydrogen-bond acceptors (Lipinski definition) is 5. The van der Waals surface area contributed by atoms with E-state index in [2.05, 4.69) is 16.4 Å². The van der Waals surface area contributed by atoms with Gasteiger partial charge in [-0.3, -0.25) is 4.79 Å². The molecule has 1 amide bonds. The zero-order valence-electron chi connectivity index (χ0n) is 15.3. The van der Waals surface area contributed by atoms with Gasteiger partial charge in [-0.25, -0.2) is 4.98 Å². The van der Waals surface area contributed by atoms with Crippen LogP contribution in [0.25, 0.3) is 11.3 Å². The van der Waals surface area contributed by atoms with Crippen LogP contribution in [0.1, 0.15) is 5.56 Å². The number of halogens is 2. The van der Waals surface area contributed by atoms with Gasteiger partial charge in [-0.05, 0) is 42.5 Å². The van der Waals surface area contributed by atoms with Gasteiger partial charge >= 0.3 is 0 Å². The molecule has 0 atom stereocenters. The van der Waals surface area contributed by atoms with E-state index >= 15 is 0 Å². The third kappa shape index (κ3) is 5.64. The van der Waals surface area contributed by atoms with Crippen LogP contribution in [-0.4, -0.2) is 23.8 Å². The molecule has 0 spiro atoms. The predicted octanol–water partition coefficient (Wildman–Crippen LogP) is 5.67. The van der Waals surface area contributed by atoms with Gasteiger partial charge in [0.15, 0.2) is 0 Å². The maximum absolute atomic E-state index is 12.3. The summed E-state index contributed by atoms with van der Waals surface area (Å²) in [5.41, 5.74) is 2.45. The van der Waals surface area contributed by atoms with Gasteiger partial charge in [0.1, 0.15) is 16.8 Å². The average Bonchev–Trinajstić information content (AvgIpc) is 2.71. The van der Waals surface area contributed by atoms with Crippen molar-refractivity contribution in [3.05, 3.63) is 70.2 Å². The van der Waals surface area contributed by atoms with E-state index < -0.39 is 0 Å². The van der Waals surface area contributed by atoms with Crippen molar-refractivity contribution in [3.63, 3.8) is 0 Å². The number of nitrogens with one attached hydrogen (secondary N) is 1. The highest BCUT2D eigenvalue weighted by Crippen LogP contribution is 2.28. The number of hydrogen-bond donors (Lipinski definition) is 1. The Balaban J connectivity index is 1.75. The molecular formula is C21H15Cl2N3O2S. The van der Waals surface area contributed by atoms with E-state index in [-0.39, 0.29) is 11.7 Å². The average molecular weight is 444 g/mol. The standard InChI is InChI=1S/C21H15Cl2N3O2S/c1-28-18-4-2-3-13(7-18)19-6-5-14(11-24)21(26-19)29-12-20(27)25-17-9-15(22)8-16(23)10-17/h2-10H,12H2,1H3,(H,25,27). The summed E-state index contributed by atoms with van der Waals surface area (Å²) < 4.78 is 5.25. The van der Waals surface area contributed by atoms with Crippen molar-refractivity contribution in [1.82, 2.24) is 4.98 Å². The van der Waals surface area contributed by atoms with E-state index in [0.29, 0.717) is 37.8 Å². The number of pyridine rings is 1. The van der Waals surface area contributed by atoms with E-state index in [9.17, 15) is 10.1 Å². The van der Waals surface area contributed by atoms with Crippen molar-refractivity contribution in [3.8, 4) is 23.1 Å². The lowest BCUT2D eigenvalue weighted by Gasteiger charge is -2.09. The van der Waals surface area contributed by atoms with Gasteiger partial charge in [0, 0.05) is 21.3 Å². The van der Waals surface area contributed by atoms with Crippen molar-refractivity contribution >= 4 is 46.6 Å². The molecule has 3 aromatic rings. The Labute approximate surface area is 182 Å². The second kappa shape index (κ2) is 9.66. The number of anilines is 1. The summed E-state index contributed by atoms with van der Waals surface area (Å²) in [5.74, 6) is 0.529. The first-order valence-corrected chi connectivity index (χ1v) is 10.2. The monoisotopic (exact) mass is 443 g/mol. The van der Waals surface area contributed by atoms with E-state index in [1.54, 1.807) is 37.4 Å². The van der Waals surface area contributed by atoms with Crippen LogP contribution in [0.15, 0.2) is 59.6 Å². The topological polar surface area (TPSA) is 75.0 Å². The number of rotatable bonds is 6. The summed E-state index contributed by atoms with van der Waals surface area (Å²) in [5, 5.41) is 13.4. The summed E-state index contributed by atoms with van der Waals surface area (Å²) in [6, 6.07) is 17.8. The number of nitriles is 1. The Bertz CT molecular complexity index is 1080. The lowest BCUT2D eigenvalue weighted by atomic mass is 10.1. The third-order valence-electron chi connectivity index (χ3n) is 3.83. The van der Waals surface area contributed by atoms with Gasteiger partial charge in [0.05, 0.1) is 24.1 Å². The quantitative estimate of drug-likeness (QED) is 0.496. The van der Waals surface area contributed by atoms with E-state index in [1.807, 2.05) is 24.3 Å². The first-order chi connectivity index (χ1) is 14.0. The molecular weight excluding hydrogens is 429 g/mol. The molecule has 0 saturated heterocycles. The fourth-order valence-corrected chi connectivity index (χ4v) is 3.83. The smallest absolute Gasteiger partial charge is 0.234 e. The van der Waals surface area contributed by atoms with Crippen molar-refractivity contribution in [1.29, 1.82) is 5.26 Å². The van der Waals surface area contributed by atoms with Gasteiger partial charge in [-0.1, -0.05) is 47.1 Å². The normalized spacial score (nSPS) is 10.3. The van der Waals surface area contributed by atoms with Crippen molar-refractivity contribution in [2.24, 2.45) is 0 Å². The minimum Gasteiger partial charge on any atom is -0.497 e. The van der Waals surface area contributed by atoms with Crippen molar-refractivity contribution in [2.75, 3.05) is 18.2 Å². The fourth-order valence-electron chi connectivity index (χ4n) is 2.54. The van der Waals surface area contributed by atoms with E-state index in [4.69, 9.17) is 27.9 Å². The van der Waals surface area contributed by atoms with E-state index in [1.165, 1.54) is 11.8 Å². The Morgan fingerprint density at radius 3 is 2.62 bits per heavy atom. The molecule has 0 aliphatic carbocycles.